The van der Waals surface area contributed by atoms with E-state index in [1.54, 1.807) is 0 Å². The molecule has 1 aromatic rings. The van der Waals surface area contributed by atoms with Gasteiger partial charge in [0.25, 0.3) is 6.08 Å². The summed E-state index contributed by atoms with van der Waals surface area (Å²) in [5.41, 5.74) is 0.785. The van der Waals surface area contributed by atoms with Gasteiger partial charge in [-0.1, -0.05) is 68.9 Å². The molecular weight excluding hydrogens is 258 g/mol. The topological polar surface area (TPSA) is 0 Å². The van der Waals surface area contributed by atoms with Gasteiger partial charge in [0.2, 0.25) is 0 Å². The lowest BCUT2D eigenvalue weighted by Crippen LogP contribution is -2.34. The molecule has 102 valence electrons. The summed E-state index contributed by atoms with van der Waals surface area (Å²) in [6.45, 7) is 6.02. The normalized spacial score (nSPS) is 10.6. The van der Waals surface area contributed by atoms with Crippen molar-refractivity contribution in [2.75, 3.05) is 0 Å². The highest BCUT2D eigenvalue weighted by Crippen LogP contribution is 2.31. The second-order valence-electron chi connectivity index (χ2n) is 4.59. The molecule has 1 rings (SSSR count). The minimum absolute atomic E-state index is 0.142. The molecular formula is C16H20F2Si. The molecule has 0 nitrogen and oxygen atoms in total. The molecule has 0 unspecified atom stereocenters. The Balaban J connectivity index is 3.19. The van der Waals surface area contributed by atoms with Crippen molar-refractivity contribution in [1.82, 2.24) is 0 Å². The summed E-state index contributed by atoms with van der Waals surface area (Å²) in [5, 5.41) is 0.142. The van der Waals surface area contributed by atoms with Crippen LogP contribution in [0.25, 0.3) is 0 Å². The van der Waals surface area contributed by atoms with Crippen LogP contribution in [0, 0.1) is 11.8 Å². The van der Waals surface area contributed by atoms with E-state index < -0.39 is 14.2 Å². The zero-order valence-corrected chi connectivity index (χ0v) is 12.8. The molecule has 0 heterocycles. The second-order valence-corrected chi connectivity index (χ2v) is 9.77. The van der Waals surface area contributed by atoms with Gasteiger partial charge in [-0.25, -0.2) is 0 Å². The van der Waals surface area contributed by atoms with Gasteiger partial charge in [0.1, 0.15) is 8.07 Å². The van der Waals surface area contributed by atoms with E-state index in [1.165, 1.54) is 0 Å². The van der Waals surface area contributed by atoms with Gasteiger partial charge < -0.3 is 0 Å². The molecule has 0 aliphatic rings. The van der Waals surface area contributed by atoms with Crippen molar-refractivity contribution < 1.29 is 8.78 Å². The molecule has 0 aliphatic carbocycles. The van der Waals surface area contributed by atoms with Crippen LogP contribution in [0.5, 0.6) is 0 Å². The highest BCUT2D eigenvalue weighted by molar-refractivity contribution is 6.87. The van der Waals surface area contributed by atoms with Crippen LogP contribution in [0.15, 0.2) is 41.6 Å². The molecule has 1 aromatic carbocycles. The van der Waals surface area contributed by atoms with Crippen LogP contribution in [-0.2, 0) is 0 Å². The van der Waals surface area contributed by atoms with Crippen LogP contribution in [0.1, 0.15) is 26.3 Å². The second kappa shape index (κ2) is 7.25. The van der Waals surface area contributed by atoms with Gasteiger partial charge >= 0.3 is 0 Å². The van der Waals surface area contributed by atoms with Crippen molar-refractivity contribution in [3.8, 4) is 11.8 Å². The number of hydrogen-bond acceptors (Lipinski definition) is 0. The monoisotopic (exact) mass is 278 g/mol. The fraction of sp³-hybridized carbons (Fsp3) is 0.375. The van der Waals surface area contributed by atoms with E-state index in [0.717, 1.165) is 23.7 Å². The van der Waals surface area contributed by atoms with Gasteiger partial charge in [0.15, 0.2) is 0 Å². The lowest BCUT2D eigenvalue weighted by Gasteiger charge is -2.27. The van der Waals surface area contributed by atoms with Crippen molar-refractivity contribution in [3.63, 3.8) is 0 Å². The van der Waals surface area contributed by atoms with Crippen LogP contribution in [-0.4, -0.2) is 8.07 Å². The highest BCUT2D eigenvalue weighted by atomic mass is 28.3. The van der Waals surface area contributed by atoms with E-state index in [1.807, 2.05) is 51.1 Å². The Hall–Kier alpha value is -1.40. The fourth-order valence-corrected chi connectivity index (χ4v) is 5.61. The number of halogens is 2. The van der Waals surface area contributed by atoms with E-state index in [2.05, 4.69) is 11.8 Å². The van der Waals surface area contributed by atoms with E-state index in [4.69, 9.17) is 0 Å². The molecule has 0 saturated carbocycles. The zero-order chi connectivity index (χ0) is 14.3. The molecule has 0 aromatic heterocycles. The van der Waals surface area contributed by atoms with Gasteiger partial charge in [0.05, 0.1) is 5.20 Å². The summed E-state index contributed by atoms with van der Waals surface area (Å²) in [6.07, 6.45) is -1.58. The summed E-state index contributed by atoms with van der Waals surface area (Å²) >= 11 is 0. The van der Waals surface area contributed by atoms with Crippen LogP contribution in [0.3, 0.4) is 0 Å². The molecule has 0 amide bonds. The molecule has 0 bridgehead atoms. The quantitative estimate of drug-likeness (QED) is 0.522. The first-order valence-electron chi connectivity index (χ1n) is 6.72. The maximum absolute atomic E-state index is 13.3. The van der Waals surface area contributed by atoms with E-state index >= 15 is 0 Å². The molecule has 19 heavy (non-hydrogen) atoms. The first kappa shape index (κ1) is 15.7. The van der Waals surface area contributed by atoms with Crippen LogP contribution in [0.4, 0.5) is 8.78 Å². The van der Waals surface area contributed by atoms with Gasteiger partial charge in [-0.3, -0.25) is 0 Å². The SMILES string of the molecule is CC[Si](CC)(CC)C(C#Cc1ccccc1)=C(F)F. The van der Waals surface area contributed by atoms with Crippen molar-refractivity contribution in [1.29, 1.82) is 0 Å². The van der Waals surface area contributed by atoms with E-state index in [9.17, 15) is 8.78 Å². The molecule has 0 atom stereocenters. The van der Waals surface area contributed by atoms with Crippen LogP contribution >= 0.6 is 0 Å². The third-order valence-electron chi connectivity index (χ3n) is 3.86. The van der Waals surface area contributed by atoms with Gasteiger partial charge in [-0.15, -0.1) is 0 Å². The Morgan fingerprint density at radius 3 is 1.95 bits per heavy atom. The molecule has 0 radical (unpaired) electrons. The minimum atomic E-state index is -2.11. The largest absolute Gasteiger partial charge is 0.277 e. The maximum atomic E-state index is 13.3. The summed E-state index contributed by atoms with van der Waals surface area (Å²) in [4.78, 5) is 0. The lowest BCUT2D eigenvalue weighted by molar-refractivity contribution is 0.419. The van der Waals surface area contributed by atoms with Gasteiger partial charge in [0, 0.05) is 5.56 Å². The third-order valence-corrected chi connectivity index (χ3v) is 9.29. The zero-order valence-electron chi connectivity index (χ0n) is 11.8. The first-order valence-corrected chi connectivity index (χ1v) is 9.34. The molecule has 0 N–H and O–H groups in total. The standard InChI is InChI=1S/C16H20F2Si/c1-4-19(5-2,6-3)15(16(17)18)13-12-14-10-8-7-9-11-14/h7-11H,4-6H2,1-3H3. The average molecular weight is 278 g/mol. The van der Waals surface area contributed by atoms with E-state index in [-0.39, 0.29) is 5.20 Å². The number of rotatable bonds is 4. The van der Waals surface area contributed by atoms with Gasteiger partial charge in [-0.2, -0.15) is 8.78 Å². The minimum Gasteiger partial charge on any atom is -0.173 e. The summed E-state index contributed by atoms with van der Waals surface area (Å²) in [5.74, 6) is 5.65. The predicted molar refractivity (Wildman–Crippen MR) is 79.8 cm³/mol. The number of allylic oxidation sites excluding steroid dienone is 1. The van der Waals surface area contributed by atoms with Crippen LogP contribution < -0.4 is 0 Å². The Morgan fingerprint density at radius 1 is 1.00 bits per heavy atom. The number of hydrogen-bond donors (Lipinski definition) is 0. The Kier molecular flexibility index (Phi) is 5.97. The summed E-state index contributed by atoms with van der Waals surface area (Å²) in [7, 11) is -2.11. The maximum Gasteiger partial charge on any atom is 0.277 e. The summed E-state index contributed by atoms with van der Waals surface area (Å²) < 4.78 is 26.5. The van der Waals surface area contributed by atoms with Crippen molar-refractivity contribution in [2.45, 2.75) is 38.9 Å². The smallest absolute Gasteiger partial charge is 0.173 e. The lowest BCUT2D eigenvalue weighted by atomic mass is 10.2. The molecule has 0 spiro atoms. The highest BCUT2D eigenvalue weighted by Gasteiger charge is 2.34. The Morgan fingerprint density at radius 2 is 1.53 bits per heavy atom. The van der Waals surface area contributed by atoms with Crippen molar-refractivity contribution in [3.05, 3.63) is 47.2 Å². The fourth-order valence-electron chi connectivity index (χ4n) is 2.32. The average Bonchev–Trinajstić information content (AvgIpc) is 2.44. The molecule has 3 heteroatoms. The predicted octanol–water partition coefficient (Wildman–Crippen LogP) is 5.24. The Bertz CT molecular complexity index is 478. The van der Waals surface area contributed by atoms with Crippen molar-refractivity contribution >= 4 is 8.07 Å². The van der Waals surface area contributed by atoms with Gasteiger partial charge in [-0.05, 0) is 12.1 Å². The molecule has 0 saturated heterocycles. The van der Waals surface area contributed by atoms with Crippen molar-refractivity contribution in [2.24, 2.45) is 0 Å². The van der Waals surface area contributed by atoms with Crippen LogP contribution in [0.2, 0.25) is 18.1 Å². The number of benzene rings is 1. The van der Waals surface area contributed by atoms with E-state index in [0.29, 0.717) is 0 Å². The molecule has 0 fully saturated rings. The third kappa shape index (κ3) is 3.78. The Labute approximate surface area is 115 Å². The first-order chi connectivity index (χ1) is 9.09. The summed E-state index contributed by atoms with van der Waals surface area (Å²) in [6, 6.07) is 11.7. The molecule has 0 aliphatic heterocycles.